The topological polar surface area (TPSA) is 27.1 Å². The Morgan fingerprint density at radius 1 is 1.50 bits per heavy atom. The van der Waals surface area contributed by atoms with Crippen LogP contribution in [-0.2, 0) is 17.7 Å². The molecule has 0 N–H and O–H groups in total. The first-order valence-corrected chi connectivity index (χ1v) is 7.22. The number of aryl methyl sites for hydroxylation is 1. The van der Waals surface area contributed by atoms with Crippen LogP contribution >= 0.6 is 27.5 Å². The molecular weight excluding hydrogens is 316 g/mol. The van der Waals surface area contributed by atoms with Crippen LogP contribution in [0, 0.1) is 0 Å². The van der Waals surface area contributed by atoms with E-state index < -0.39 is 0 Å². The minimum absolute atomic E-state index is 0.153. The molecule has 0 saturated carbocycles. The molecule has 98 valence electrons. The molecule has 2 rings (SSSR count). The summed E-state index contributed by atoms with van der Waals surface area (Å²) in [7, 11) is 1.72. The lowest BCUT2D eigenvalue weighted by Crippen LogP contribution is -2.17. The second-order valence-electron chi connectivity index (χ2n) is 4.26. The Kier molecular flexibility index (Phi) is 4.65. The maximum Gasteiger partial charge on any atom is 0.111 e. The van der Waals surface area contributed by atoms with Crippen LogP contribution in [0.25, 0.3) is 11.0 Å². The number of methoxy groups -OCH3 is 1. The molecule has 0 aliphatic heterocycles. The summed E-state index contributed by atoms with van der Waals surface area (Å²) in [6.45, 7) is 2.84. The summed E-state index contributed by atoms with van der Waals surface area (Å²) >= 11 is 9.31. The van der Waals surface area contributed by atoms with Gasteiger partial charge in [-0.2, -0.15) is 0 Å². The SMILES string of the molecule is COC(C)Cn1c(CCCl)nc2cc(Br)ccc21. The Hall–Kier alpha value is -0.580. The van der Waals surface area contributed by atoms with Crippen molar-refractivity contribution in [3.05, 3.63) is 28.5 Å². The zero-order chi connectivity index (χ0) is 13.1. The van der Waals surface area contributed by atoms with Crippen LogP contribution in [0.2, 0.25) is 0 Å². The highest BCUT2D eigenvalue weighted by Gasteiger charge is 2.12. The predicted octanol–water partition coefficient (Wildman–Crippen LogP) is 3.62. The third kappa shape index (κ3) is 2.87. The monoisotopic (exact) mass is 330 g/mol. The number of rotatable bonds is 5. The average Bonchev–Trinajstić information content (AvgIpc) is 2.67. The summed E-state index contributed by atoms with van der Waals surface area (Å²) in [5.41, 5.74) is 2.12. The normalized spacial score (nSPS) is 13.1. The fourth-order valence-corrected chi connectivity index (χ4v) is 2.48. The first kappa shape index (κ1) is 13.8. The van der Waals surface area contributed by atoms with Crippen LogP contribution in [0.15, 0.2) is 22.7 Å². The molecule has 1 aromatic heterocycles. The van der Waals surface area contributed by atoms with Crippen molar-refractivity contribution in [1.82, 2.24) is 9.55 Å². The molecule has 0 aliphatic carbocycles. The standard InChI is InChI=1S/C13H16BrClN2O/c1-9(18-2)8-17-12-4-3-10(14)7-11(12)16-13(17)5-6-15/h3-4,7,9H,5-6,8H2,1-2H3. The van der Waals surface area contributed by atoms with Gasteiger partial charge in [0.05, 0.1) is 23.7 Å². The predicted molar refractivity (Wildman–Crippen MR) is 78.3 cm³/mol. The molecule has 18 heavy (non-hydrogen) atoms. The van der Waals surface area contributed by atoms with Crippen molar-refractivity contribution in [3.63, 3.8) is 0 Å². The van der Waals surface area contributed by atoms with Crippen molar-refractivity contribution < 1.29 is 4.74 Å². The van der Waals surface area contributed by atoms with E-state index in [1.807, 2.05) is 12.1 Å². The van der Waals surface area contributed by atoms with Gasteiger partial charge in [-0.15, -0.1) is 11.6 Å². The molecule has 0 spiro atoms. The number of benzene rings is 1. The van der Waals surface area contributed by atoms with Gasteiger partial charge in [-0.25, -0.2) is 4.98 Å². The number of imidazole rings is 1. The van der Waals surface area contributed by atoms with Crippen molar-refractivity contribution in [2.75, 3.05) is 13.0 Å². The summed E-state index contributed by atoms with van der Waals surface area (Å²) in [5, 5.41) is 0. The zero-order valence-corrected chi connectivity index (χ0v) is 12.8. The average molecular weight is 332 g/mol. The molecule has 5 heteroatoms. The van der Waals surface area contributed by atoms with E-state index in [4.69, 9.17) is 16.3 Å². The van der Waals surface area contributed by atoms with Crippen molar-refractivity contribution in [1.29, 1.82) is 0 Å². The van der Waals surface area contributed by atoms with Gasteiger partial charge in [-0.1, -0.05) is 15.9 Å². The molecule has 2 aromatic rings. The maximum atomic E-state index is 5.84. The second kappa shape index (κ2) is 6.04. The molecule has 1 atom stereocenters. The lowest BCUT2D eigenvalue weighted by Gasteiger charge is -2.13. The van der Waals surface area contributed by atoms with Gasteiger partial charge in [0.25, 0.3) is 0 Å². The Bertz CT molecular complexity index is 541. The van der Waals surface area contributed by atoms with Crippen molar-refractivity contribution in [3.8, 4) is 0 Å². The summed E-state index contributed by atoms with van der Waals surface area (Å²) in [6.07, 6.45) is 0.921. The maximum absolute atomic E-state index is 5.84. The summed E-state index contributed by atoms with van der Waals surface area (Å²) < 4.78 is 8.57. The number of halogens is 2. The van der Waals surface area contributed by atoms with E-state index in [0.29, 0.717) is 5.88 Å². The van der Waals surface area contributed by atoms with Gasteiger partial charge in [0.1, 0.15) is 5.82 Å². The zero-order valence-electron chi connectivity index (χ0n) is 10.5. The molecule has 0 fully saturated rings. The highest BCUT2D eigenvalue weighted by Crippen LogP contribution is 2.22. The van der Waals surface area contributed by atoms with Crippen LogP contribution in [0.4, 0.5) is 0 Å². The smallest absolute Gasteiger partial charge is 0.111 e. The minimum Gasteiger partial charge on any atom is -0.380 e. The van der Waals surface area contributed by atoms with E-state index in [0.717, 1.165) is 34.3 Å². The third-order valence-electron chi connectivity index (χ3n) is 2.95. The molecule has 1 unspecified atom stereocenters. The van der Waals surface area contributed by atoms with Gasteiger partial charge < -0.3 is 9.30 Å². The minimum atomic E-state index is 0.153. The molecule has 0 saturated heterocycles. The third-order valence-corrected chi connectivity index (χ3v) is 3.63. The van der Waals surface area contributed by atoms with Gasteiger partial charge >= 0.3 is 0 Å². The number of hydrogen-bond donors (Lipinski definition) is 0. The highest BCUT2D eigenvalue weighted by atomic mass is 79.9. The van der Waals surface area contributed by atoms with Gasteiger partial charge in [-0.3, -0.25) is 0 Å². The van der Waals surface area contributed by atoms with Crippen LogP contribution in [0.5, 0.6) is 0 Å². The Morgan fingerprint density at radius 3 is 2.94 bits per heavy atom. The van der Waals surface area contributed by atoms with E-state index >= 15 is 0 Å². The molecular formula is C13H16BrClN2O. The molecule has 1 aromatic carbocycles. The van der Waals surface area contributed by atoms with E-state index in [1.165, 1.54) is 0 Å². The number of ether oxygens (including phenoxy) is 1. The lowest BCUT2D eigenvalue weighted by molar-refractivity contribution is 0.103. The number of aromatic nitrogens is 2. The van der Waals surface area contributed by atoms with Crippen LogP contribution in [0.3, 0.4) is 0 Å². The Balaban J connectivity index is 2.48. The first-order valence-electron chi connectivity index (χ1n) is 5.89. The van der Waals surface area contributed by atoms with E-state index in [9.17, 15) is 0 Å². The molecule has 0 radical (unpaired) electrons. The van der Waals surface area contributed by atoms with Gasteiger partial charge in [0.2, 0.25) is 0 Å². The molecule has 0 bridgehead atoms. The summed E-state index contributed by atoms with van der Waals surface area (Å²) in [5.74, 6) is 1.59. The summed E-state index contributed by atoms with van der Waals surface area (Å²) in [6, 6.07) is 6.13. The highest BCUT2D eigenvalue weighted by molar-refractivity contribution is 9.10. The summed E-state index contributed by atoms with van der Waals surface area (Å²) in [4.78, 5) is 4.64. The number of alkyl halides is 1. The Morgan fingerprint density at radius 2 is 2.28 bits per heavy atom. The number of fused-ring (bicyclic) bond motifs is 1. The molecule has 1 heterocycles. The van der Waals surface area contributed by atoms with Crippen LogP contribution in [-0.4, -0.2) is 28.6 Å². The Labute approximate surface area is 120 Å². The second-order valence-corrected chi connectivity index (χ2v) is 5.55. The van der Waals surface area contributed by atoms with Crippen molar-refractivity contribution in [2.45, 2.75) is 26.0 Å². The number of nitrogens with zero attached hydrogens (tertiary/aromatic N) is 2. The quantitative estimate of drug-likeness (QED) is 0.783. The van der Waals surface area contributed by atoms with Crippen molar-refractivity contribution in [2.24, 2.45) is 0 Å². The van der Waals surface area contributed by atoms with Gasteiger partial charge in [0.15, 0.2) is 0 Å². The van der Waals surface area contributed by atoms with Crippen molar-refractivity contribution >= 4 is 38.6 Å². The molecule has 0 aliphatic rings. The number of hydrogen-bond acceptors (Lipinski definition) is 2. The fourth-order valence-electron chi connectivity index (χ4n) is 1.96. The van der Waals surface area contributed by atoms with Gasteiger partial charge in [0, 0.05) is 23.9 Å². The first-order chi connectivity index (χ1) is 8.65. The largest absolute Gasteiger partial charge is 0.380 e. The van der Waals surface area contributed by atoms with Crippen LogP contribution in [0.1, 0.15) is 12.7 Å². The van der Waals surface area contributed by atoms with E-state index in [2.05, 4.69) is 38.5 Å². The van der Waals surface area contributed by atoms with E-state index in [1.54, 1.807) is 7.11 Å². The fraction of sp³-hybridized carbons (Fsp3) is 0.462. The molecule has 3 nitrogen and oxygen atoms in total. The van der Waals surface area contributed by atoms with Crippen LogP contribution < -0.4 is 0 Å². The van der Waals surface area contributed by atoms with Gasteiger partial charge in [-0.05, 0) is 25.1 Å². The van der Waals surface area contributed by atoms with E-state index in [-0.39, 0.29) is 6.10 Å². The molecule has 0 amide bonds. The lowest BCUT2D eigenvalue weighted by atomic mass is 10.3.